The monoisotopic (exact) mass is 291 g/mol. The number of nitrogens with zero attached hydrogens (tertiary/aromatic N) is 2. The van der Waals surface area contributed by atoms with Gasteiger partial charge in [-0.1, -0.05) is 17.3 Å². The van der Waals surface area contributed by atoms with Crippen LogP contribution in [-0.4, -0.2) is 41.5 Å². The maximum Gasteiger partial charge on any atom is 0.142 e. The van der Waals surface area contributed by atoms with Crippen LogP contribution >= 0.6 is 0 Å². The largest absolute Gasteiger partial charge is 0.489 e. The number of benzene rings is 1. The highest BCUT2D eigenvalue weighted by Crippen LogP contribution is 2.19. The van der Waals surface area contributed by atoms with Crippen LogP contribution in [0.3, 0.4) is 0 Å². The van der Waals surface area contributed by atoms with E-state index < -0.39 is 6.10 Å². The molecule has 2 aromatic rings. The zero-order chi connectivity index (χ0) is 15.2. The van der Waals surface area contributed by atoms with Gasteiger partial charge in [-0.25, -0.2) is 0 Å². The summed E-state index contributed by atoms with van der Waals surface area (Å²) in [5, 5.41) is 13.9. The van der Waals surface area contributed by atoms with Gasteiger partial charge in [0.25, 0.3) is 0 Å². The molecule has 114 valence electrons. The number of aryl methyl sites for hydroxylation is 1. The summed E-state index contributed by atoms with van der Waals surface area (Å²) in [5.41, 5.74) is 7.19. The number of hydrogen-bond acceptors (Lipinski definition) is 6. The third-order valence-corrected chi connectivity index (χ3v) is 2.98. The summed E-state index contributed by atoms with van der Waals surface area (Å²) in [6.45, 7) is 3.13. The summed E-state index contributed by atoms with van der Waals surface area (Å²) in [7, 11) is 1.91. The van der Waals surface area contributed by atoms with Crippen molar-refractivity contribution in [3.05, 3.63) is 41.8 Å². The van der Waals surface area contributed by atoms with Crippen LogP contribution in [0.5, 0.6) is 5.75 Å². The zero-order valence-corrected chi connectivity index (χ0v) is 12.3. The molecule has 0 amide bonds. The van der Waals surface area contributed by atoms with Gasteiger partial charge in [0.2, 0.25) is 0 Å². The fraction of sp³-hybridized carbons (Fsp3) is 0.400. The van der Waals surface area contributed by atoms with Crippen LogP contribution in [0.25, 0.3) is 0 Å². The fourth-order valence-corrected chi connectivity index (χ4v) is 2.04. The Balaban J connectivity index is 1.76. The summed E-state index contributed by atoms with van der Waals surface area (Å²) >= 11 is 0. The van der Waals surface area contributed by atoms with Crippen molar-refractivity contribution in [2.45, 2.75) is 19.6 Å². The fourth-order valence-electron chi connectivity index (χ4n) is 2.04. The minimum Gasteiger partial charge on any atom is -0.489 e. The second kappa shape index (κ2) is 7.10. The molecular formula is C15H21N3O3. The van der Waals surface area contributed by atoms with Crippen molar-refractivity contribution in [1.29, 1.82) is 0 Å². The van der Waals surface area contributed by atoms with E-state index in [1.165, 1.54) is 0 Å². The number of hydrogen-bond donors (Lipinski definition) is 2. The maximum absolute atomic E-state index is 10.0. The first kappa shape index (κ1) is 15.3. The van der Waals surface area contributed by atoms with Crippen LogP contribution < -0.4 is 10.5 Å². The van der Waals surface area contributed by atoms with Gasteiger partial charge in [-0.05, 0) is 26.1 Å². The van der Waals surface area contributed by atoms with E-state index in [0.717, 1.165) is 11.5 Å². The highest BCUT2D eigenvalue weighted by molar-refractivity contribution is 5.51. The number of likely N-dealkylation sites (N-methyl/N-ethyl adjacent to an activating group) is 1. The average Bonchev–Trinajstić information content (AvgIpc) is 2.83. The third kappa shape index (κ3) is 4.77. The van der Waals surface area contributed by atoms with Crippen LogP contribution in [0.1, 0.15) is 11.5 Å². The molecule has 6 heteroatoms. The minimum absolute atomic E-state index is 0.191. The lowest BCUT2D eigenvalue weighted by Crippen LogP contribution is -2.32. The second-order valence-corrected chi connectivity index (χ2v) is 5.13. The number of aromatic nitrogens is 1. The van der Waals surface area contributed by atoms with E-state index in [9.17, 15) is 5.11 Å². The first-order chi connectivity index (χ1) is 10.0. The SMILES string of the molecule is Cc1cc(CN(C)CC(O)COc2ccccc2N)no1. The van der Waals surface area contributed by atoms with E-state index in [-0.39, 0.29) is 6.61 Å². The molecular weight excluding hydrogens is 270 g/mol. The minimum atomic E-state index is -0.609. The highest BCUT2D eigenvalue weighted by Gasteiger charge is 2.12. The molecule has 0 saturated carbocycles. The first-order valence-corrected chi connectivity index (χ1v) is 6.80. The van der Waals surface area contributed by atoms with Crippen molar-refractivity contribution in [2.24, 2.45) is 0 Å². The van der Waals surface area contributed by atoms with Crippen molar-refractivity contribution in [3.8, 4) is 5.75 Å². The molecule has 0 spiro atoms. The topological polar surface area (TPSA) is 84.8 Å². The Labute approximate surface area is 124 Å². The molecule has 0 saturated heterocycles. The molecule has 1 atom stereocenters. The molecule has 3 N–H and O–H groups in total. The number of aliphatic hydroxyl groups is 1. The molecule has 0 fully saturated rings. The lowest BCUT2D eigenvalue weighted by molar-refractivity contribution is 0.0740. The van der Waals surface area contributed by atoms with E-state index in [4.69, 9.17) is 15.0 Å². The van der Waals surface area contributed by atoms with Crippen LogP contribution in [0.2, 0.25) is 0 Å². The predicted octanol–water partition coefficient (Wildman–Crippen LogP) is 1.44. The number of aliphatic hydroxyl groups excluding tert-OH is 1. The van der Waals surface area contributed by atoms with Gasteiger partial charge in [0.1, 0.15) is 24.2 Å². The van der Waals surface area contributed by atoms with Gasteiger partial charge in [-0.2, -0.15) is 0 Å². The number of rotatable bonds is 7. The molecule has 6 nitrogen and oxygen atoms in total. The van der Waals surface area contributed by atoms with Crippen molar-refractivity contribution < 1.29 is 14.4 Å². The Morgan fingerprint density at radius 1 is 1.43 bits per heavy atom. The molecule has 1 aromatic carbocycles. The quantitative estimate of drug-likeness (QED) is 0.751. The number of ether oxygens (including phenoxy) is 1. The average molecular weight is 291 g/mol. The van der Waals surface area contributed by atoms with Gasteiger partial charge in [0, 0.05) is 19.2 Å². The maximum atomic E-state index is 10.0. The van der Waals surface area contributed by atoms with Gasteiger partial charge in [-0.15, -0.1) is 0 Å². The van der Waals surface area contributed by atoms with Crippen LogP contribution in [0.15, 0.2) is 34.9 Å². The molecule has 1 unspecified atom stereocenters. The molecule has 0 bridgehead atoms. The standard InChI is InChI=1S/C15H21N3O3/c1-11-7-12(17-21-11)8-18(2)9-13(19)10-20-15-6-4-3-5-14(15)16/h3-7,13,19H,8-10,16H2,1-2H3. The summed E-state index contributed by atoms with van der Waals surface area (Å²) in [6, 6.07) is 9.11. The number of para-hydroxylation sites is 2. The van der Waals surface area contributed by atoms with Crippen molar-refractivity contribution in [1.82, 2.24) is 10.1 Å². The molecule has 0 aliphatic rings. The molecule has 1 heterocycles. The Morgan fingerprint density at radius 3 is 2.86 bits per heavy atom. The normalized spacial score (nSPS) is 12.6. The molecule has 21 heavy (non-hydrogen) atoms. The van der Waals surface area contributed by atoms with E-state index in [1.807, 2.05) is 37.1 Å². The molecule has 1 aromatic heterocycles. The Kier molecular flexibility index (Phi) is 5.19. The predicted molar refractivity (Wildman–Crippen MR) is 79.9 cm³/mol. The van der Waals surface area contributed by atoms with Gasteiger partial charge in [-0.3, -0.25) is 4.90 Å². The number of nitrogens with two attached hydrogens (primary N) is 1. The molecule has 0 aliphatic carbocycles. The van der Waals surface area contributed by atoms with Crippen LogP contribution in [0.4, 0.5) is 5.69 Å². The molecule has 2 rings (SSSR count). The Bertz CT molecular complexity index is 571. The van der Waals surface area contributed by atoms with E-state index in [1.54, 1.807) is 12.1 Å². The summed E-state index contributed by atoms with van der Waals surface area (Å²) < 4.78 is 10.5. The van der Waals surface area contributed by atoms with Crippen molar-refractivity contribution >= 4 is 5.69 Å². The first-order valence-electron chi connectivity index (χ1n) is 6.80. The lowest BCUT2D eigenvalue weighted by Gasteiger charge is -2.20. The van der Waals surface area contributed by atoms with E-state index >= 15 is 0 Å². The van der Waals surface area contributed by atoms with Crippen molar-refractivity contribution in [3.63, 3.8) is 0 Å². The lowest BCUT2D eigenvalue weighted by atomic mass is 10.3. The Morgan fingerprint density at radius 2 is 2.19 bits per heavy atom. The molecule has 0 aliphatic heterocycles. The number of nitrogen functional groups attached to an aromatic ring is 1. The smallest absolute Gasteiger partial charge is 0.142 e. The second-order valence-electron chi connectivity index (χ2n) is 5.13. The van der Waals surface area contributed by atoms with Gasteiger partial charge in [0.05, 0.1) is 11.4 Å². The summed E-state index contributed by atoms with van der Waals surface area (Å²) in [6.07, 6.45) is -0.609. The van der Waals surface area contributed by atoms with Crippen molar-refractivity contribution in [2.75, 3.05) is 25.9 Å². The van der Waals surface area contributed by atoms with E-state index in [2.05, 4.69) is 5.16 Å². The van der Waals surface area contributed by atoms with Gasteiger partial charge >= 0.3 is 0 Å². The van der Waals surface area contributed by atoms with Gasteiger partial charge < -0.3 is 20.1 Å². The van der Waals surface area contributed by atoms with Crippen LogP contribution in [-0.2, 0) is 6.54 Å². The summed E-state index contributed by atoms with van der Waals surface area (Å²) in [5.74, 6) is 1.37. The Hall–Kier alpha value is -2.05. The summed E-state index contributed by atoms with van der Waals surface area (Å²) in [4.78, 5) is 1.96. The zero-order valence-electron chi connectivity index (χ0n) is 12.3. The van der Waals surface area contributed by atoms with Crippen LogP contribution in [0, 0.1) is 6.92 Å². The highest BCUT2D eigenvalue weighted by atomic mass is 16.5. The third-order valence-electron chi connectivity index (χ3n) is 2.98. The van der Waals surface area contributed by atoms with Gasteiger partial charge in [0.15, 0.2) is 0 Å². The molecule has 0 radical (unpaired) electrons. The van der Waals surface area contributed by atoms with E-state index in [0.29, 0.717) is 24.5 Å². The number of anilines is 1.